The predicted molar refractivity (Wildman–Crippen MR) is 142 cm³/mol. The molecular formula is C25H20ClN3O6S2. The summed E-state index contributed by atoms with van der Waals surface area (Å²) >= 11 is 7.59. The molecule has 0 atom stereocenters. The van der Waals surface area contributed by atoms with Crippen molar-refractivity contribution in [3.8, 4) is 11.5 Å². The van der Waals surface area contributed by atoms with Crippen molar-refractivity contribution in [1.29, 1.82) is 0 Å². The quantitative estimate of drug-likeness (QED) is 0.137. The van der Waals surface area contributed by atoms with Crippen LogP contribution in [0.1, 0.15) is 15.2 Å². The number of hydrazone groups is 1. The van der Waals surface area contributed by atoms with E-state index in [0.717, 1.165) is 10.1 Å². The number of nitrogens with one attached hydrogen (secondary N) is 2. The van der Waals surface area contributed by atoms with Crippen LogP contribution in [-0.4, -0.2) is 40.2 Å². The van der Waals surface area contributed by atoms with Crippen LogP contribution in [0, 0.1) is 0 Å². The summed E-state index contributed by atoms with van der Waals surface area (Å²) in [4.78, 5) is 24.9. The number of hydrogen-bond donors (Lipinski definition) is 2. The molecule has 0 saturated heterocycles. The van der Waals surface area contributed by atoms with Gasteiger partial charge in [-0.15, -0.1) is 11.3 Å². The van der Waals surface area contributed by atoms with E-state index in [1.165, 1.54) is 29.7 Å². The molecule has 1 aromatic heterocycles. The second kappa shape index (κ2) is 11.5. The first-order chi connectivity index (χ1) is 17.8. The zero-order chi connectivity index (χ0) is 26.4. The number of thiophene rings is 1. The topological polar surface area (TPSA) is 123 Å². The number of methoxy groups -OCH3 is 1. The van der Waals surface area contributed by atoms with Crippen molar-refractivity contribution in [2.75, 3.05) is 13.7 Å². The lowest BCUT2D eigenvalue weighted by Crippen LogP contribution is -2.34. The van der Waals surface area contributed by atoms with Gasteiger partial charge in [0.1, 0.15) is 16.4 Å². The third-order valence-corrected chi connectivity index (χ3v) is 8.05. The zero-order valence-electron chi connectivity index (χ0n) is 19.3. The van der Waals surface area contributed by atoms with Crippen LogP contribution in [0.5, 0.6) is 11.5 Å². The number of sulfonamides is 1. The second-order valence-corrected chi connectivity index (χ2v) is 10.7. The van der Waals surface area contributed by atoms with E-state index < -0.39 is 28.4 Å². The molecule has 9 nitrogen and oxygen atoms in total. The molecule has 0 fully saturated rings. The molecule has 12 heteroatoms. The summed E-state index contributed by atoms with van der Waals surface area (Å²) in [5.74, 6) is -0.268. The lowest BCUT2D eigenvalue weighted by atomic mass is 10.2. The number of carbonyl (C=O) groups excluding carboxylic acids is 2. The molecule has 0 saturated carbocycles. The van der Waals surface area contributed by atoms with Crippen molar-refractivity contribution < 1.29 is 27.5 Å². The van der Waals surface area contributed by atoms with Gasteiger partial charge in [0, 0.05) is 10.1 Å². The summed E-state index contributed by atoms with van der Waals surface area (Å²) in [5.41, 5.74) is 2.85. The van der Waals surface area contributed by atoms with Gasteiger partial charge in [-0.25, -0.2) is 23.4 Å². The third kappa shape index (κ3) is 6.52. The number of esters is 1. The molecule has 0 bridgehead atoms. The van der Waals surface area contributed by atoms with Crippen LogP contribution in [0.2, 0.25) is 5.02 Å². The molecule has 4 aromatic rings. The van der Waals surface area contributed by atoms with E-state index in [0.29, 0.717) is 22.1 Å². The van der Waals surface area contributed by atoms with E-state index in [4.69, 9.17) is 21.1 Å². The highest BCUT2D eigenvalue weighted by Crippen LogP contribution is 2.37. The normalized spacial score (nSPS) is 11.5. The Labute approximate surface area is 221 Å². The van der Waals surface area contributed by atoms with E-state index in [-0.39, 0.29) is 9.77 Å². The lowest BCUT2D eigenvalue weighted by Gasteiger charge is -2.05. The zero-order valence-corrected chi connectivity index (χ0v) is 21.7. The Balaban J connectivity index is 1.31. The average Bonchev–Trinajstić information content (AvgIpc) is 3.24. The van der Waals surface area contributed by atoms with Crippen molar-refractivity contribution in [3.05, 3.63) is 88.3 Å². The molecule has 3 aromatic carbocycles. The van der Waals surface area contributed by atoms with Crippen LogP contribution < -0.4 is 19.6 Å². The summed E-state index contributed by atoms with van der Waals surface area (Å²) in [5, 5.41) is 4.86. The molecule has 0 aliphatic heterocycles. The first-order valence-corrected chi connectivity index (χ1v) is 13.4. The Bertz CT molecular complexity index is 1570. The maximum absolute atomic E-state index is 12.7. The Hall–Kier alpha value is -3.77. The predicted octanol–water partition coefficient (Wildman–Crippen LogP) is 4.21. The number of fused-ring (bicyclic) bond motifs is 1. The van der Waals surface area contributed by atoms with Crippen molar-refractivity contribution in [3.63, 3.8) is 0 Å². The summed E-state index contributed by atoms with van der Waals surface area (Å²) in [7, 11) is -2.24. The van der Waals surface area contributed by atoms with Crippen LogP contribution in [0.15, 0.2) is 82.8 Å². The van der Waals surface area contributed by atoms with Crippen molar-refractivity contribution in [2.24, 2.45) is 5.10 Å². The second-order valence-electron chi connectivity index (χ2n) is 7.50. The van der Waals surface area contributed by atoms with Crippen molar-refractivity contribution >= 4 is 61.1 Å². The fourth-order valence-corrected chi connectivity index (χ4v) is 5.56. The molecule has 0 spiro atoms. The highest BCUT2D eigenvalue weighted by molar-refractivity contribution is 7.89. The monoisotopic (exact) mass is 557 g/mol. The van der Waals surface area contributed by atoms with Crippen molar-refractivity contribution in [1.82, 2.24) is 10.1 Å². The number of nitrogens with zero attached hydrogens (tertiary/aromatic N) is 1. The number of carbonyl (C=O) groups is 2. The number of rotatable bonds is 9. The number of hydrogen-bond acceptors (Lipinski definition) is 8. The SMILES string of the molecule is COc1ccc2c(Cl)c(C(=O)Oc3ccc(/C=N\NC(=O)CNS(=O)(=O)c4ccccc4)cc3)sc2c1. The van der Waals surface area contributed by atoms with Gasteiger partial charge in [0.15, 0.2) is 0 Å². The number of ether oxygens (including phenoxy) is 2. The van der Waals surface area contributed by atoms with E-state index in [2.05, 4.69) is 15.2 Å². The Morgan fingerprint density at radius 2 is 1.73 bits per heavy atom. The fraction of sp³-hybridized carbons (Fsp3) is 0.0800. The molecule has 2 N–H and O–H groups in total. The molecule has 0 radical (unpaired) electrons. The molecular weight excluding hydrogens is 538 g/mol. The number of halogens is 1. The molecule has 190 valence electrons. The third-order valence-electron chi connectivity index (χ3n) is 4.99. The van der Waals surface area contributed by atoms with Crippen molar-refractivity contribution in [2.45, 2.75) is 4.90 Å². The number of benzene rings is 3. The highest BCUT2D eigenvalue weighted by atomic mass is 35.5. The van der Waals surface area contributed by atoms with Gasteiger partial charge >= 0.3 is 5.97 Å². The Morgan fingerprint density at radius 3 is 2.43 bits per heavy atom. The standard InChI is InChI=1S/C25H20ClN3O6S2/c1-34-18-11-12-20-21(13-18)36-24(23(20)26)25(31)35-17-9-7-16(8-10-17)14-27-29-22(30)15-28-37(32,33)19-5-3-2-4-6-19/h2-14,28H,15H2,1H3,(H,29,30)/b27-14-. The maximum Gasteiger partial charge on any atom is 0.355 e. The molecule has 1 amide bonds. The Morgan fingerprint density at radius 1 is 1.03 bits per heavy atom. The van der Waals surface area contributed by atoms with Gasteiger partial charge in [0.2, 0.25) is 10.0 Å². The van der Waals surface area contributed by atoms with Gasteiger partial charge in [-0.3, -0.25) is 4.79 Å². The van der Waals surface area contributed by atoms with Crippen LogP contribution in [-0.2, 0) is 14.8 Å². The minimum absolute atomic E-state index is 0.0574. The van der Waals surface area contributed by atoms with Gasteiger partial charge in [0.05, 0.1) is 29.8 Å². The van der Waals surface area contributed by atoms with Gasteiger partial charge in [-0.05, 0) is 60.2 Å². The lowest BCUT2D eigenvalue weighted by molar-refractivity contribution is -0.119. The molecule has 0 aliphatic rings. The molecule has 0 aliphatic carbocycles. The molecule has 37 heavy (non-hydrogen) atoms. The largest absolute Gasteiger partial charge is 0.497 e. The van der Waals surface area contributed by atoms with Crippen LogP contribution in [0.3, 0.4) is 0 Å². The number of amides is 1. The average molecular weight is 558 g/mol. The van der Waals surface area contributed by atoms with Crippen LogP contribution in [0.4, 0.5) is 0 Å². The maximum atomic E-state index is 12.7. The fourth-order valence-electron chi connectivity index (χ4n) is 3.14. The van der Waals surface area contributed by atoms with E-state index >= 15 is 0 Å². The molecule has 4 rings (SSSR count). The summed E-state index contributed by atoms with van der Waals surface area (Å²) in [6.07, 6.45) is 1.37. The highest BCUT2D eigenvalue weighted by Gasteiger charge is 2.19. The first-order valence-electron chi connectivity index (χ1n) is 10.7. The summed E-state index contributed by atoms with van der Waals surface area (Å²) < 4.78 is 37.9. The Kier molecular flexibility index (Phi) is 8.19. The van der Waals surface area contributed by atoms with E-state index in [9.17, 15) is 18.0 Å². The molecule has 1 heterocycles. The van der Waals surface area contributed by atoms with E-state index in [1.54, 1.807) is 67.8 Å². The van der Waals surface area contributed by atoms with Gasteiger partial charge < -0.3 is 9.47 Å². The summed E-state index contributed by atoms with van der Waals surface area (Å²) in [6.45, 7) is -0.476. The van der Waals surface area contributed by atoms with Gasteiger partial charge in [0.25, 0.3) is 5.91 Å². The smallest absolute Gasteiger partial charge is 0.355 e. The van der Waals surface area contributed by atoms with Crippen LogP contribution >= 0.6 is 22.9 Å². The minimum atomic E-state index is -3.80. The minimum Gasteiger partial charge on any atom is -0.497 e. The first kappa shape index (κ1) is 26.3. The van der Waals surface area contributed by atoms with Crippen LogP contribution in [0.25, 0.3) is 10.1 Å². The van der Waals surface area contributed by atoms with E-state index in [1.807, 2.05) is 0 Å². The van der Waals surface area contributed by atoms with Gasteiger partial charge in [-0.2, -0.15) is 5.10 Å². The molecule has 0 unspecified atom stereocenters. The summed E-state index contributed by atoms with van der Waals surface area (Å²) in [6, 6.07) is 19.5. The van der Waals surface area contributed by atoms with Gasteiger partial charge in [-0.1, -0.05) is 29.8 Å².